The molecule has 0 saturated carbocycles. The highest BCUT2D eigenvalue weighted by Crippen LogP contribution is 2.21. The van der Waals surface area contributed by atoms with Gasteiger partial charge in [0.05, 0.1) is 5.69 Å². The number of carbonyl (C=O) groups is 1. The number of nitrogens with zero attached hydrogens (tertiary/aromatic N) is 2. The molecule has 3 aromatic rings. The smallest absolute Gasteiger partial charge is 0.249 e. The molecule has 0 bridgehead atoms. The van der Waals surface area contributed by atoms with E-state index in [0.717, 1.165) is 11.3 Å². The molecule has 0 aliphatic rings. The summed E-state index contributed by atoms with van der Waals surface area (Å²) in [6.07, 6.45) is 1.63. The van der Waals surface area contributed by atoms with E-state index >= 15 is 0 Å². The number of anilines is 1. The van der Waals surface area contributed by atoms with Gasteiger partial charge in [0.15, 0.2) is 0 Å². The molecule has 0 saturated heterocycles. The molecule has 0 aliphatic carbocycles. The molecule has 0 fully saturated rings. The molecule has 3 rings (SSSR count). The second-order valence-corrected chi connectivity index (χ2v) is 7.99. The zero-order chi connectivity index (χ0) is 24.3. The van der Waals surface area contributed by atoms with E-state index in [4.69, 9.17) is 21.6 Å². The van der Waals surface area contributed by atoms with Crippen molar-refractivity contribution in [1.82, 2.24) is 21.3 Å². The lowest BCUT2D eigenvalue weighted by atomic mass is 10.0. The first-order valence-corrected chi connectivity index (χ1v) is 11.0. The molecule has 0 aliphatic heterocycles. The standard InChI is InChI=1S/C25H25ClN6O2/c1-17(2)23(25(33)28-15-18-6-8-19(26)9-7-18)16-29-32-31-20-10-12-22(13-11-20)34-24-5-3-4-21(14-27)30-24/h3-13,16-17,29,31-32H,15H2,1-2H3,(H,28,33)/b23-16-. The number of hydrogen-bond acceptors (Lipinski definition) is 7. The molecule has 0 unspecified atom stereocenters. The van der Waals surface area contributed by atoms with Gasteiger partial charge in [-0.25, -0.2) is 4.98 Å². The first kappa shape index (κ1) is 24.6. The Morgan fingerprint density at radius 1 is 1.12 bits per heavy atom. The number of benzene rings is 2. The monoisotopic (exact) mass is 476 g/mol. The van der Waals surface area contributed by atoms with E-state index in [9.17, 15) is 4.79 Å². The first-order valence-electron chi connectivity index (χ1n) is 10.6. The summed E-state index contributed by atoms with van der Waals surface area (Å²) in [6, 6.07) is 21.5. The van der Waals surface area contributed by atoms with Gasteiger partial charge >= 0.3 is 0 Å². The Morgan fingerprint density at radius 3 is 2.53 bits per heavy atom. The average molecular weight is 477 g/mol. The van der Waals surface area contributed by atoms with Crippen LogP contribution in [0.5, 0.6) is 11.6 Å². The lowest BCUT2D eigenvalue weighted by molar-refractivity contribution is -0.118. The second-order valence-electron chi connectivity index (χ2n) is 7.56. The van der Waals surface area contributed by atoms with E-state index < -0.39 is 0 Å². The molecule has 0 radical (unpaired) electrons. The van der Waals surface area contributed by atoms with Crippen molar-refractivity contribution in [2.45, 2.75) is 20.4 Å². The Kier molecular flexibility index (Phi) is 8.86. The van der Waals surface area contributed by atoms with Gasteiger partial charge in [-0.1, -0.05) is 43.6 Å². The van der Waals surface area contributed by atoms with E-state index in [2.05, 4.69) is 26.7 Å². The molecule has 2 aromatic carbocycles. The van der Waals surface area contributed by atoms with Crippen LogP contribution in [-0.4, -0.2) is 10.9 Å². The van der Waals surface area contributed by atoms with Gasteiger partial charge in [-0.3, -0.25) is 4.79 Å². The lowest BCUT2D eigenvalue weighted by Crippen LogP contribution is -2.35. The average Bonchev–Trinajstić information content (AvgIpc) is 2.84. The number of halogens is 1. The number of carbonyl (C=O) groups excluding carboxylic acids is 1. The van der Waals surface area contributed by atoms with Crippen molar-refractivity contribution in [3.05, 3.63) is 94.8 Å². The summed E-state index contributed by atoms with van der Waals surface area (Å²) in [5.74, 6) is 0.791. The van der Waals surface area contributed by atoms with Crippen LogP contribution in [0.4, 0.5) is 5.69 Å². The number of ether oxygens (including phenoxy) is 1. The molecule has 34 heavy (non-hydrogen) atoms. The maximum atomic E-state index is 12.6. The first-order chi connectivity index (χ1) is 16.4. The zero-order valence-electron chi connectivity index (χ0n) is 18.8. The molecule has 8 nitrogen and oxygen atoms in total. The van der Waals surface area contributed by atoms with Gasteiger partial charge in [-0.2, -0.15) is 10.8 Å². The molecular formula is C25H25ClN6O2. The third-order valence-corrected chi connectivity index (χ3v) is 4.92. The van der Waals surface area contributed by atoms with Crippen LogP contribution in [-0.2, 0) is 11.3 Å². The minimum atomic E-state index is -0.158. The van der Waals surface area contributed by atoms with Crippen LogP contribution in [0.3, 0.4) is 0 Å². The van der Waals surface area contributed by atoms with Gasteiger partial charge in [0.1, 0.15) is 17.5 Å². The topological polar surface area (TPSA) is 111 Å². The molecule has 4 N–H and O–H groups in total. The maximum absolute atomic E-state index is 12.6. The van der Waals surface area contributed by atoms with E-state index in [1.165, 1.54) is 0 Å². The fourth-order valence-electron chi connectivity index (χ4n) is 2.86. The lowest BCUT2D eigenvalue weighted by Gasteiger charge is -2.14. The molecule has 1 amide bonds. The normalized spacial score (nSPS) is 11.0. The van der Waals surface area contributed by atoms with E-state index in [-0.39, 0.29) is 11.8 Å². The third kappa shape index (κ3) is 7.52. The molecule has 1 aromatic heterocycles. The van der Waals surface area contributed by atoms with E-state index in [1.54, 1.807) is 48.7 Å². The number of hydrazine groups is 2. The summed E-state index contributed by atoms with van der Waals surface area (Å²) in [6.45, 7) is 4.31. The van der Waals surface area contributed by atoms with E-state index in [1.807, 2.05) is 44.2 Å². The largest absolute Gasteiger partial charge is 0.439 e. The second kappa shape index (κ2) is 12.3. The van der Waals surface area contributed by atoms with Crippen LogP contribution < -0.4 is 26.4 Å². The minimum absolute atomic E-state index is 0.0177. The SMILES string of the molecule is CC(C)/C(=C/NNNc1ccc(Oc2cccc(C#N)n2)cc1)C(=O)NCc1ccc(Cl)cc1. The molecule has 9 heteroatoms. The zero-order valence-corrected chi connectivity index (χ0v) is 19.6. The van der Waals surface area contributed by atoms with Crippen LogP contribution in [0.25, 0.3) is 0 Å². The van der Waals surface area contributed by atoms with Gasteiger partial charge in [0.25, 0.3) is 0 Å². The molecule has 0 atom stereocenters. The minimum Gasteiger partial charge on any atom is -0.439 e. The van der Waals surface area contributed by atoms with Gasteiger partial charge in [0.2, 0.25) is 11.8 Å². The van der Waals surface area contributed by atoms with Crippen LogP contribution in [0.1, 0.15) is 25.1 Å². The van der Waals surface area contributed by atoms with Crippen LogP contribution >= 0.6 is 11.6 Å². The van der Waals surface area contributed by atoms with Crippen molar-refractivity contribution < 1.29 is 9.53 Å². The number of amides is 1. The summed E-state index contributed by atoms with van der Waals surface area (Å²) >= 11 is 5.90. The number of nitrogens with one attached hydrogen (secondary N) is 4. The summed E-state index contributed by atoms with van der Waals surface area (Å²) in [5.41, 5.74) is 11.4. The number of aromatic nitrogens is 1. The van der Waals surface area contributed by atoms with Crippen molar-refractivity contribution in [3.63, 3.8) is 0 Å². The van der Waals surface area contributed by atoms with Crippen LogP contribution in [0.15, 0.2) is 78.5 Å². The molecule has 174 valence electrons. The van der Waals surface area contributed by atoms with Crippen LogP contribution in [0.2, 0.25) is 5.02 Å². The Hall–Kier alpha value is -4.06. The van der Waals surface area contributed by atoms with E-state index in [0.29, 0.717) is 34.5 Å². The van der Waals surface area contributed by atoms with Crippen molar-refractivity contribution in [3.8, 4) is 17.7 Å². The Morgan fingerprint density at radius 2 is 1.85 bits per heavy atom. The summed E-state index contributed by atoms with van der Waals surface area (Å²) in [7, 11) is 0. The highest BCUT2D eigenvalue weighted by atomic mass is 35.5. The fraction of sp³-hybridized carbons (Fsp3) is 0.160. The summed E-state index contributed by atoms with van der Waals surface area (Å²) in [5, 5.41) is 12.5. The predicted molar refractivity (Wildman–Crippen MR) is 132 cm³/mol. The quantitative estimate of drug-likeness (QED) is 0.191. The number of hydrogen-bond donors (Lipinski definition) is 4. The van der Waals surface area contributed by atoms with Gasteiger partial charge in [-0.05, 0) is 53.9 Å². The molecule has 1 heterocycles. The Bertz CT molecular complexity index is 1170. The maximum Gasteiger partial charge on any atom is 0.249 e. The highest BCUT2D eigenvalue weighted by Gasteiger charge is 2.13. The number of pyridine rings is 1. The van der Waals surface area contributed by atoms with Gasteiger partial charge in [0, 0.05) is 29.4 Å². The third-order valence-electron chi connectivity index (χ3n) is 4.67. The fourth-order valence-corrected chi connectivity index (χ4v) is 2.99. The number of nitriles is 1. The van der Waals surface area contributed by atoms with Crippen LogP contribution in [0, 0.1) is 17.2 Å². The van der Waals surface area contributed by atoms with Gasteiger partial charge < -0.3 is 20.9 Å². The Labute approximate surface area is 203 Å². The van der Waals surface area contributed by atoms with Crippen molar-refractivity contribution >= 4 is 23.2 Å². The summed E-state index contributed by atoms with van der Waals surface area (Å²) in [4.78, 5) is 16.7. The van der Waals surface area contributed by atoms with Crippen molar-refractivity contribution in [2.75, 3.05) is 5.43 Å². The van der Waals surface area contributed by atoms with Gasteiger partial charge in [-0.15, -0.1) is 0 Å². The number of rotatable bonds is 10. The van der Waals surface area contributed by atoms with Crippen molar-refractivity contribution in [1.29, 1.82) is 5.26 Å². The Balaban J connectivity index is 1.48. The molecule has 0 spiro atoms. The summed E-state index contributed by atoms with van der Waals surface area (Å²) < 4.78 is 5.66. The van der Waals surface area contributed by atoms with Crippen molar-refractivity contribution in [2.24, 2.45) is 5.92 Å². The predicted octanol–water partition coefficient (Wildman–Crippen LogP) is 4.68. The highest BCUT2D eigenvalue weighted by molar-refractivity contribution is 6.30. The molecular weight excluding hydrogens is 452 g/mol.